The van der Waals surface area contributed by atoms with Gasteiger partial charge in [0.15, 0.2) is 0 Å². The topological polar surface area (TPSA) is 44.5 Å². The van der Waals surface area contributed by atoms with Crippen molar-refractivity contribution >= 4 is 0 Å². The maximum absolute atomic E-state index is 6.39. The molecule has 0 aliphatic heterocycles. The van der Waals surface area contributed by atoms with Crippen LogP contribution >= 0.6 is 0 Å². The van der Waals surface area contributed by atoms with E-state index in [1.54, 1.807) is 14.2 Å². The summed E-state index contributed by atoms with van der Waals surface area (Å²) in [4.78, 5) is 0. The van der Waals surface area contributed by atoms with Gasteiger partial charge in [0.1, 0.15) is 11.5 Å². The van der Waals surface area contributed by atoms with Crippen LogP contribution in [0.1, 0.15) is 45.7 Å². The van der Waals surface area contributed by atoms with E-state index in [4.69, 9.17) is 15.2 Å². The lowest BCUT2D eigenvalue weighted by Crippen LogP contribution is -2.23. The molecule has 2 unspecified atom stereocenters. The first-order valence-electron chi connectivity index (χ1n) is 6.77. The molecule has 1 rings (SSSR count). The van der Waals surface area contributed by atoms with Crippen molar-refractivity contribution in [2.24, 2.45) is 17.1 Å². The van der Waals surface area contributed by atoms with Gasteiger partial charge in [0.2, 0.25) is 0 Å². The Kier molecular flexibility index (Phi) is 5.24. The zero-order valence-corrected chi connectivity index (χ0v) is 13.0. The van der Waals surface area contributed by atoms with E-state index >= 15 is 0 Å². The number of hydrogen-bond acceptors (Lipinski definition) is 3. The maximum Gasteiger partial charge on any atom is 0.127 e. The van der Waals surface area contributed by atoms with Gasteiger partial charge in [0.25, 0.3) is 0 Å². The van der Waals surface area contributed by atoms with Crippen molar-refractivity contribution in [1.29, 1.82) is 0 Å². The molecular weight excluding hydrogens is 238 g/mol. The molecule has 0 fully saturated rings. The lowest BCUT2D eigenvalue weighted by atomic mass is 9.77. The van der Waals surface area contributed by atoms with Gasteiger partial charge in [-0.25, -0.2) is 0 Å². The fourth-order valence-electron chi connectivity index (χ4n) is 2.10. The predicted octanol–water partition coefficient (Wildman–Crippen LogP) is 3.78. The monoisotopic (exact) mass is 265 g/mol. The summed E-state index contributed by atoms with van der Waals surface area (Å²) in [6.07, 6.45) is 0.903. The highest BCUT2D eigenvalue weighted by molar-refractivity contribution is 5.46. The third-order valence-electron chi connectivity index (χ3n) is 3.92. The van der Waals surface area contributed by atoms with Gasteiger partial charge in [-0.15, -0.1) is 0 Å². The van der Waals surface area contributed by atoms with Crippen LogP contribution in [0.15, 0.2) is 18.2 Å². The molecule has 0 amide bonds. The summed E-state index contributed by atoms with van der Waals surface area (Å²) in [5.41, 5.74) is 7.59. The van der Waals surface area contributed by atoms with Gasteiger partial charge in [0, 0.05) is 6.04 Å². The van der Waals surface area contributed by atoms with Gasteiger partial charge < -0.3 is 15.2 Å². The first kappa shape index (κ1) is 15.8. The average Bonchev–Trinajstić information content (AvgIpc) is 2.36. The van der Waals surface area contributed by atoms with Gasteiger partial charge in [-0.2, -0.15) is 0 Å². The highest BCUT2D eigenvalue weighted by atomic mass is 16.5. The lowest BCUT2D eigenvalue weighted by Gasteiger charge is -2.30. The van der Waals surface area contributed by atoms with Crippen LogP contribution in [0, 0.1) is 11.3 Å². The van der Waals surface area contributed by atoms with E-state index in [-0.39, 0.29) is 11.5 Å². The average molecular weight is 265 g/mol. The smallest absolute Gasteiger partial charge is 0.127 e. The molecule has 108 valence electrons. The zero-order valence-electron chi connectivity index (χ0n) is 13.0. The Morgan fingerprint density at radius 1 is 1.11 bits per heavy atom. The van der Waals surface area contributed by atoms with Crippen LogP contribution in [0.25, 0.3) is 0 Å². The van der Waals surface area contributed by atoms with Crippen molar-refractivity contribution in [3.05, 3.63) is 23.8 Å². The highest BCUT2D eigenvalue weighted by Crippen LogP contribution is 2.38. The number of ether oxygens (including phenoxy) is 2. The van der Waals surface area contributed by atoms with Crippen molar-refractivity contribution in [3.8, 4) is 11.5 Å². The van der Waals surface area contributed by atoms with Crippen LogP contribution < -0.4 is 15.2 Å². The SMILES string of the molecule is COc1cccc(OC)c1C(N)CC(C)C(C)(C)C. The first-order valence-corrected chi connectivity index (χ1v) is 6.77. The molecule has 3 nitrogen and oxygen atoms in total. The number of benzene rings is 1. The highest BCUT2D eigenvalue weighted by Gasteiger charge is 2.25. The Balaban J connectivity index is 3.01. The molecule has 0 aromatic heterocycles. The third-order valence-corrected chi connectivity index (χ3v) is 3.92. The van der Waals surface area contributed by atoms with E-state index in [9.17, 15) is 0 Å². The maximum atomic E-state index is 6.39. The van der Waals surface area contributed by atoms with Crippen LogP contribution in [0.4, 0.5) is 0 Å². The van der Waals surface area contributed by atoms with Gasteiger partial charge in [-0.1, -0.05) is 33.8 Å². The van der Waals surface area contributed by atoms with E-state index in [2.05, 4.69) is 27.7 Å². The molecular formula is C16H27NO2. The molecule has 19 heavy (non-hydrogen) atoms. The zero-order chi connectivity index (χ0) is 14.6. The number of nitrogens with two attached hydrogens (primary N) is 1. The van der Waals surface area contributed by atoms with Gasteiger partial charge in [-0.05, 0) is 29.9 Å². The number of methoxy groups -OCH3 is 2. The molecule has 0 aliphatic rings. The molecule has 2 N–H and O–H groups in total. The standard InChI is InChI=1S/C16H27NO2/c1-11(16(2,3)4)10-12(17)15-13(18-5)8-7-9-14(15)19-6/h7-9,11-12H,10,17H2,1-6H3. The Morgan fingerprint density at radius 2 is 1.58 bits per heavy atom. The molecule has 0 aliphatic carbocycles. The minimum Gasteiger partial charge on any atom is -0.496 e. The van der Waals surface area contributed by atoms with Crippen molar-refractivity contribution in [1.82, 2.24) is 0 Å². The Hall–Kier alpha value is -1.22. The fourth-order valence-corrected chi connectivity index (χ4v) is 2.10. The van der Waals surface area contributed by atoms with Crippen LogP contribution in [0.5, 0.6) is 11.5 Å². The summed E-state index contributed by atoms with van der Waals surface area (Å²) in [5.74, 6) is 2.11. The van der Waals surface area contributed by atoms with E-state index in [1.807, 2.05) is 18.2 Å². The normalized spacial score (nSPS) is 14.9. The quantitative estimate of drug-likeness (QED) is 0.881. The van der Waals surface area contributed by atoms with Crippen LogP contribution in [-0.4, -0.2) is 14.2 Å². The summed E-state index contributed by atoms with van der Waals surface area (Å²) in [6, 6.07) is 5.69. The van der Waals surface area contributed by atoms with E-state index in [1.165, 1.54) is 0 Å². The summed E-state index contributed by atoms with van der Waals surface area (Å²) in [6.45, 7) is 8.96. The van der Waals surface area contributed by atoms with Gasteiger partial charge >= 0.3 is 0 Å². The van der Waals surface area contributed by atoms with E-state index in [0.29, 0.717) is 5.92 Å². The molecule has 0 heterocycles. The molecule has 0 saturated carbocycles. The molecule has 2 atom stereocenters. The molecule has 0 bridgehead atoms. The van der Waals surface area contributed by atoms with Crippen LogP contribution in [-0.2, 0) is 0 Å². The molecule has 1 aromatic carbocycles. The second kappa shape index (κ2) is 6.29. The summed E-state index contributed by atoms with van der Waals surface area (Å²) >= 11 is 0. The number of rotatable bonds is 5. The molecule has 3 heteroatoms. The van der Waals surface area contributed by atoms with E-state index in [0.717, 1.165) is 23.5 Å². The Labute approximate surface area is 117 Å². The Morgan fingerprint density at radius 3 is 1.95 bits per heavy atom. The second-order valence-electron chi connectivity index (χ2n) is 6.19. The molecule has 0 saturated heterocycles. The van der Waals surface area contributed by atoms with Crippen LogP contribution in [0.2, 0.25) is 0 Å². The van der Waals surface area contributed by atoms with Gasteiger partial charge in [0.05, 0.1) is 19.8 Å². The van der Waals surface area contributed by atoms with E-state index < -0.39 is 0 Å². The van der Waals surface area contributed by atoms with Crippen molar-refractivity contribution in [3.63, 3.8) is 0 Å². The molecule has 0 spiro atoms. The summed E-state index contributed by atoms with van der Waals surface area (Å²) in [5, 5.41) is 0. The minimum absolute atomic E-state index is 0.0830. The van der Waals surface area contributed by atoms with Gasteiger partial charge in [-0.3, -0.25) is 0 Å². The third kappa shape index (κ3) is 3.87. The summed E-state index contributed by atoms with van der Waals surface area (Å²) in [7, 11) is 3.33. The number of hydrogen-bond donors (Lipinski definition) is 1. The molecule has 1 aromatic rings. The summed E-state index contributed by atoms with van der Waals surface area (Å²) < 4.78 is 10.8. The minimum atomic E-state index is -0.0830. The second-order valence-corrected chi connectivity index (χ2v) is 6.19. The van der Waals surface area contributed by atoms with Crippen molar-refractivity contribution in [2.75, 3.05) is 14.2 Å². The fraction of sp³-hybridized carbons (Fsp3) is 0.625. The van der Waals surface area contributed by atoms with Crippen molar-refractivity contribution < 1.29 is 9.47 Å². The lowest BCUT2D eigenvalue weighted by molar-refractivity contribution is 0.231. The molecule has 0 radical (unpaired) electrons. The van der Waals surface area contributed by atoms with Crippen LogP contribution in [0.3, 0.4) is 0 Å². The largest absolute Gasteiger partial charge is 0.496 e. The Bertz CT molecular complexity index is 387. The van der Waals surface area contributed by atoms with Crippen molar-refractivity contribution in [2.45, 2.75) is 40.2 Å². The predicted molar refractivity (Wildman–Crippen MR) is 79.7 cm³/mol. The first-order chi connectivity index (χ1) is 8.81.